The first-order valence-electron chi connectivity index (χ1n) is 9.91. The van der Waals surface area contributed by atoms with Crippen molar-refractivity contribution < 1.29 is 14.3 Å². The van der Waals surface area contributed by atoms with Crippen LogP contribution in [0.4, 0.5) is 5.69 Å². The maximum atomic E-state index is 13.0. The Bertz CT molecular complexity index is 1180. The molecule has 30 heavy (non-hydrogen) atoms. The highest BCUT2D eigenvalue weighted by Crippen LogP contribution is 2.35. The van der Waals surface area contributed by atoms with Crippen molar-refractivity contribution in [2.75, 3.05) is 11.9 Å². The van der Waals surface area contributed by atoms with E-state index >= 15 is 0 Å². The number of ether oxygens (including phenoxy) is 1. The molecule has 156 valence electrons. The van der Waals surface area contributed by atoms with Gasteiger partial charge in [-0.3, -0.25) is 9.59 Å². The first kappa shape index (κ1) is 20.2. The van der Waals surface area contributed by atoms with Gasteiger partial charge in [0, 0.05) is 10.6 Å². The van der Waals surface area contributed by atoms with Gasteiger partial charge in [-0.05, 0) is 55.9 Å². The molecule has 0 unspecified atom stereocenters. The summed E-state index contributed by atoms with van der Waals surface area (Å²) < 4.78 is 6.07. The van der Waals surface area contributed by atoms with Crippen LogP contribution in [0.15, 0.2) is 29.1 Å². The van der Waals surface area contributed by atoms with Crippen molar-refractivity contribution in [3.8, 4) is 0 Å². The van der Waals surface area contributed by atoms with E-state index in [1.165, 1.54) is 22.3 Å². The maximum Gasteiger partial charge on any atom is 0.338 e. The Kier molecular flexibility index (Phi) is 5.63. The van der Waals surface area contributed by atoms with E-state index in [1.54, 1.807) is 25.1 Å². The van der Waals surface area contributed by atoms with Crippen molar-refractivity contribution >= 4 is 39.1 Å². The lowest BCUT2D eigenvalue weighted by molar-refractivity contribution is -0.117. The summed E-state index contributed by atoms with van der Waals surface area (Å²) in [6.07, 6.45) is 2.84. The fourth-order valence-electron chi connectivity index (χ4n) is 3.67. The topological polar surface area (TPSA) is 103 Å². The number of esters is 1. The predicted molar refractivity (Wildman–Crippen MR) is 114 cm³/mol. The number of rotatable bonds is 5. The number of nitrogens with one attached hydrogen (secondary N) is 1. The zero-order chi connectivity index (χ0) is 21.3. The molecule has 1 aliphatic carbocycles. The maximum absolute atomic E-state index is 13.0. The monoisotopic (exact) mass is 426 g/mol. The molecule has 9 heteroatoms. The van der Waals surface area contributed by atoms with Gasteiger partial charge in [-0.15, -0.1) is 16.4 Å². The molecule has 0 spiro atoms. The number of nitrogens with zero attached hydrogens (tertiary/aromatic N) is 3. The van der Waals surface area contributed by atoms with E-state index < -0.39 is 11.9 Å². The predicted octanol–water partition coefficient (Wildman–Crippen LogP) is 2.79. The molecule has 1 N–H and O–H groups in total. The fraction of sp³-hybridized carbons (Fsp3) is 0.381. The molecule has 1 aromatic carbocycles. The molecule has 0 saturated carbocycles. The number of aryl methyl sites for hydroxylation is 1. The number of anilines is 1. The summed E-state index contributed by atoms with van der Waals surface area (Å²) in [6.45, 7) is 3.94. The molecule has 4 rings (SSSR count). The molecule has 0 radical (unpaired) electrons. The lowest BCUT2D eigenvalue weighted by Gasteiger charge is -2.17. The third-order valence-electron chi connectivity index (χ3n) is 5.14. The van der Waals surface area contributed by atoms with Gasteiger partial charge < -0.3 is 10.1 Å². The van der Waals surface area contributed by atoms with Crippen molar-refractivity contribution in [3.63, 3.8) is 0 Å². The highest BCUT2D eigenvalue weighted by atomic mass is 32.1. The van der Waals surface area contributed by atoms with Crippen molar-refractivity contribution in [2.24, 2.45) is 5.92 Å². The molecule has 0 saturated heterocycles. The SMILES string of the molecule is CCOC(=O)c1cccc(NC(=O)Cn2nnc3sc4c(c3c2=O)CC[C@@H](C)C4)c1. The zero-order valence-electron chi connectivity index (χ0n) is 16.8. The Morgan fingerprint density at radius 1 is 1.37 bits per heavy atom. The van der Waals surface area contributed by atoms with E-state index in [9.17, 15) is 14.4 Å². The number of carbonyl (C=O) groups excluding carboxylic acids is 2. The van der Waals surface area contributed by atoms with Gasteiger partial charge in [0.15, 0.2) is 4.83 Å². The second kappa shape index (κ2) is 8.35. The molecule has 2 heterocycles. The molecule has 8 nitrogen and oxygen atoms in total. The van der Waals surface area contributed by atoms with Crippen LogP contribution >= 0.6 is 11.3 Å². The standard InChI is InChI=1S/C21H22N4O4S/c1-3-29-21(28)13-5-4-6-14(10-13)22-17(26)11-25-20(27)18-15-8-7-12(2)9-16(15)30-19(18)23-24-25/h4-6,10,12H,3,7-9,11H2,1-2H3,(H,22,26)/t12-/m1/s1. The lowest BCUT2D eigenvalue weighted by Crippen LogP contribution is -2.30. The number of fused-ring (bicyclic) bond motifs is 3. The normalized spacial score (nSPS) is 15.6. The summed E-state index contributed by atoms with van der Waals surface area (Å²) >= 11 is 1.52. The highest BCUT2D eigenvalue weighted by molar-refractivity contribution is 7.18. The molecule has 3 aromatic rings. The number of carbonyl (C=O) groups is 2. The van der Waals surface area contributed by atoms with Gasteiger partial charge in [0.05, 0.1) is 17.6 Å². The molecular formula is C21H22N4O4S. The van der Waals surface area contributed by atoms with Crippen LogP contribution in [-0.4, -0.2) is 33.5 Å². The minimum atomic E-state index is -0.460. The van der Waals surface area contributed by atoms with Gasteiger partial charge >= 0.3 is 5.97 Å². The van der Waals surface area contributed by atoms with Gasteiger partial charge in [-0.25, -0.2) is 9.48 Å². The quantitative estimate of drug-likeness (QED) is 0.629. The minimum Gasteiger partial charge on any atom is -0.462 e. The van der Waals surface area contributed by atoms with Crippen molar-refractivity contribution in [1.29, 1.82) is 0 Å². The number of hydrogen-bond acceptors (Lipinski definition) is 7. The Morgan fingerprint density at radius 3 is 3.00 bits per heavy atom. The lowest BCUT2D eigenvalue weighted by atomic mass is 9.89. The molecule has 0 aliphatic heterocycles. The van der Waals surface area contributed by atoms with E-state index in [2.05, 4.69) is 22.6 Å². The van der Waals surface area contributed by atoms with Crippen LogP contribution < -0.4 is 10.9 Å². The third kappa shape index (κ3) is 3.97. The van der Waals surface area contributed by atoms with Gasteiger partial charge in [-0.1, -0.05) is 18.2 Å². The van der Waals surface area contributed by atoms with E-state index in [0.717, 1.165) is 29.5 Å². The summed E-state index contributed by atoms with van der Waals surface area (Å²) in [6, 6.07) is 6.45. The first-order chi connectivity index (χ1) is 14.5. The number of hydrogen-bond donors (Lipinski definition) is 1. The number of benzene rings is 1. The van der Waals surface area contributed by atoms with Crippen LogP contribution in [0.2, 0.25) is 0 Å². The Labute approximate surface area is 176 Å². The van der Waals surface area contributed by atoms with Crippen molar-refractivity contribution in [2.45, 2.75) is 39.7 Å². The van der Waals surface area contributed by atoms with Crippen molar-refractivity contribution in [1.82, 2.24) is 15.0 Å². The van der Waals surface area contributed by atoms with Gasteiger partial charge in [0.1, 0.15) is 6.54 Å². The fourth-order valence-corrected chi connectivity index (χ4v) is 4.99. The molecular weight excluding hydrogens is 404 g/mol. The van der Waals surface area contributed by atoms with Crippen LogP contribution in [-0.2, 0) is 28.9 Å². The van der Waals surface area contributed by atoms with E-state index in [-0.39, 0.29) is 18.7 Å². The highest BCUT2D eigenvalue weighted by Gasteiger charge is 2.24. The molecule has 1 amide bonds. The Hall–Kier alpha value is -3.07. The average Bonchev–Trinajstić information content (AvgIpc) is 3.08. The third-order valence-corrected chi connectivity index (χ3v) is 6.27. The first-order valence-corrected chi connectivity index (χ1v) is 10.7. The molecule has 1 aliphatic rings. The largest absolute Gasteiger partial charge is 0.462 e. The van der Waals surface area contributed by atoms with Gasteiger partial charge in [-0.2, -0.15) is 0 Å². The van der Waals surface area contributed by atoms with Crippen LogP contribution in [0.3, 0.4) is 0 Å². The Balaban J connectivity index is 1.54. The van der Waals surface area contributed by atoms with E-state index in [1.807, 2.05) is 0 Å². The molecule has 0 bridgehead atoms. The van der Waals surface area contributed by atoms with E-state index in [4.69, 9.17) is 4.74 Å². The van der Waals surface area contributed by atoms with Crippen LogP contribution in [0.1, 0.15) is 41.1 Å². The summed E-state index contributed by atoms with van der Waals surface area (Å²) in [4.78, 5) is 39.2. The Morgan fingerprint density at radius 2 is 2.20 bits per heavy atom. The van der Waals surface area contributed by atoms with Crippen molar-refractivity contribution in [3.05, 3.63) is 50.6 Å². The van der Waals surface area contributed by atoms with Crippen LogP contribution in [0, 0.1) is 5.92 Å². The van der Waals surface area contributed by atoms with Gasteiger partial charge in [0.2, 0.25) is 5.91 Å². The molecule has 0 fully saturated rings. The second-order valence-corrected chi connectivity index (χ2v) is 8.52. The number of aromatic nitrogens is 3. The second-order valence-electron chi connectivity index (χ2n) is 7.43. The molecule has 1 atom stereocenters. The number of thiophene rings is 1. The summed E-state index contributed by atoms with van der Waals surface area (Å²) in [5, 5.41) is 11.4. The van der Waals surface area contributed by atoms with Gasteiger partial charge in [0.25, 0.3) is 5.56 Å². The smallest absolute Gasteiger partial charge is 0.338 e. The summed E-state index contributed by atoms with van der Waals surface area (Å²) in [5.74, 6) is -0.293. The van der Waals surface area contributed by atoms with Crippen LogP contribution in [0.5, 0.6) is 0 Å². The summed E-state index contributed by atoms with van der Waals surface area (Å²) in [5.41, 5.74) is 1.55. The van der Waals surface area contributed by atoms with E-state index in [0.29, 0.717) is 27.4 Å². The zero-order valence-corrected chi connectivity index (χ0v) is 17.6. The summed E-state index contributed by atoms with van der Waals surface area (Å²) in [7, 11) is 0. The average molecular weight is 426 g/mol. The number of amides is 1. The molecule has 2 aromatic heterocycles. The minimum absolute atomic E-state index is 0.258. The van der Waals surface area contributed by atoms with Crippen LogP contribution in [0.25, 0.3) is 10.2 Å².